The highest BCUT2D eigenvalue weighted by Crippen LogP contribution is 2.37. The van der Waals surface area contributed by atoms with Gasteiger partial charge in [0.05, 0.1) is 22.4 Å². The van der Waals surface area contributed by atoms with Crippen LogP contribution < -0.4 is 5.32 Å². The molecular weight excluding hydrogens is 401 g/mol. The zero-order chi connectivity index (χ0) is 20.8. The van der Waals surface area contributed by atoms with Gasteiger partial charge in [0.2, 0.25) is 5.82 Å². The monoisotopic (exact) mass is 414 g/mol. The van der Waals surface area contributed by atoms with Gasteiger partial charge in [-0.05, 0) is 30.0 Å². The number of thiophene rings is 1. The van der Waals surface area contributed by atoms with E-state index < -0.39 is 17.5 Å². The normalized spacial score (nSPS) is 18.7. The standard InChI is InChI=1S/C19H13F3N6S/c1-18(15-3-12(9-29-15)11-2-10(5-23)6-25-7-11)4-14-13(16(24)28-18)8-26-17(27-14)19(20,21)22/h2-3,6-9H,4H2,1H3,(H2,24,28)/t18-/m0/s1. The van der Waals surface area contributed by atoms with Crippen LogP contribution in [0, 0.1) is 16.7 Å². The summed E-state index contributed by atoms with van der Waals surface area (Å²) in [6.07, 6.45) is -0.320. The van der Waals surface area contributed by atoms with Crippen LogP contribution in [0.3, 0.4) is 0 Å². The molecule has 0 saturated carbocycles. The fourth-order valence-electron chi connectivity index (χ4n) is 3.20. The Morgan fingerprint density at radius 1 is 1.24 bits per heavy atom. The van der Waals surface area contributed by atoms with Crippen molar-refractivity contribution < 1.29 is 13.2 Å². The number of nitrogens with one attached hydrogen (secondary N) is 2. The van der Waals surface area contributed by atoms with Crippen molar-refractivity contribution in [3.63, 3.8) is 0 Å². The molecule has 1 aliphatic heterocycles. The Hall–Kier alpha value is -3.32. The van der Waals surface area contributed by atoms with Crippen molar-refractivity contribution in [2.45, 2.75) is 25.1 Å². The molecule has 3 aromatic rings. The van der Waals surface area contributed by atoms with Gasteiger partial charge in [-0.25, -0.2) is 9.97 Å². The molecule has 3 aromatic heterocycles. The van der Waals surface area contributed by atoms with Gasteiger partial charge in [0.1, 0.15) is 11.9 Å². The smallest absolute Gasteiger partial charge is 0.359 e. The number of hydrogen-bond donors (Lipinski definition) is 2. The van der Waals surface area contributed by atoms with Gasteiger partial charge in [0.25, 0.3) is 0 Å². The van der Waals surface area contributed by atoms with Crippen molar-refractivity contribution in [2.24, 2.45) is 0 Å². The summed E-state index contributed by atoms with van der Waals surface area (Å²) >= 11 is 1.41. The zero-order valence-electron chi connectivity index (χ0n) is 15.0. The molecule has 29 heavy (non-hydrogen) atoms. The SMILES string of the molecule is C[C@@]1(c2cc(-c3cncc(C#N)c3)cs2)Cc2nc(C(F)(F)F)ncc2C(=N)N1. The second-order valence-electron chi connectivity index (χ2n) is 6.83. The summed E-state index contributed by atoms with van der Waals surface area (Å²) < 4.78 is 39.0. The first-order chi connectivity index (χ1) is 13.7. The number of hydrogen-bond acceptors (Lipinski definition) is 6. The molecule has 2 N–H and O–H groups in total. The van der Waals surface area contributed by atoms with Crippen molar-refractivity contribution >= 4 is 17.2 Å². The van der Waals surface area contributed by atoms with E-state index in [-0.39, 0.29) is 23.5 Å². The van der Waals surface area contributed by atoms with Gasteiger partial charge < -0.3 is 5.32 Å². The Balaban J connectivity index is 1.71. The summed E-state index contributed by atoms with van der Waals surface area (Å²) in [5.74, 6) is -1.23. The predicted molar refractivity (Wildman–Crippen MR) is 100 cm³/mol. The molecule has 0 radical (unpaired) electrons. The Labute approximate surface area is 167 Å². The van der Waals surface area contributed by atoms with Crippen molar-refractivity contribution in [3.8, 4) is 17.2 Å². The van der Waals surface area contributed by atoms with Crippen LogP contribution in [0.25, 0.3) is 11.1 Å². The lowest BCUT2D eigenvalue weighted by Crippen LogP contribution is -2.49. The first kappa shape index (κ1) is 19.0. The van der Waals surface area contributed by atoms with Crippen molar-refractivity contribution in [1.82, 2.24) is 20.3 Å². The van der Waals surface area contributed by atoms with Crippen LogP contribution >= 0.6 is 11.3 Å². The summed E-state index contributed by atoms with van der Waals surface area (Å²) in [7, 11) is 0. The quantitative estimate of drug-likeness (QED) is 0.663. The molecule has 0 bridgehead atoms. The second-order valence-corrected chi connectivity index (χ2v) is 7.75. The Morgan fingerprint density at radius 2 is 2.03 bits per heavy atom. The van der Waals surface area contributed by atoms with Crippen LogP contribution in [-0.2, 0) is 18.1 Å². The predicted octanol–water partition coefficient (Wildman–Crippen LogP) is 3.88. The maximum Gasteiger partial charge on any atom is 0.451 e. The average molecular weight is 414 g/mol. The van der Waals surface area contributed by atoms with Gasteiger partial charge in [-0.15, -0.1) is 11.3 Å². The molecule has 10 heteroatoms. The van der Waals surface area contributed by atoms with Crippen LogP contribution in [0.5, 0.6) is 0 Å². The number of nitrogens with zero attached hydrogens (tertiary/aromatic N) is 4. The molecule has 6 nitrogen and oxygen atoms in total. The van der Waals surface area contributed by atoms with Gasteiger partial charge >= 0.3 is 6.18 Å². The van der Waals surface area contributed by atoms with Gasteiger partial charge in [0, 0.05) is 35.5 Å². The molecule has 146 valence electrons. The molecular formula is C19H13F3N6S. The van der Waals surface area contributed by atoms with Crippen LogP contribution in [0.4, 0.5) is 13.2 Å². The maximum absolute atomic E-state index is 13.0. The summed E-state index contributed by atoms with van der Waals surface area (Å²) in [5, 5.41) is 22.2. The first-order valence-corrected chi connectivity index (χ1v) is 9.32. The summed E-state index contributed by atoms with van der Waals surface area (Å²) in [5.41, 5.74) is 1.69. The summed E-state index contributed by atoms with van der Waals surface area (Å²) in [6, 6.07) is 5.65. The van der Waals surface area contributed by atoms with Crippen LogP contribution in [0.15, 0.2) is 36.1 Å². The summed E-state index contributed by atoms with van der Waals surface area (Å²) in [4.78, 5) is 11.9. The highest BCUT2D eigenvalue weighted by atomic mass is 32.1. The molecule has 0 aliphatic carbocycles. The highest BCUT2D eigenvalue weighted by Gasteiger charge is 2.40. The van der Waals surface area contributed by atoms with Crippen molar-refractivity contribution in [2.75, 3.05) is 0 Å². The van der Waals surface area contributed by atoms with Gasteiger partial charge in [-0.1, -0.05) is 0 Å². The van der Waals surface area contributed by atoms with E-state index in [1.165, 1.54) is 17.5 Å². The number of rotatable bonds is 2. The van der Waals surface area contributed by atoms with Gasteiger partial charge in [-0.3, -0.25) is 10.4 Å². The minimum atomic E-state index is -4.65. The van der Waals surface area contributed by atoms with Crippen molar-refractivity contribution in [3.05, 3.63) is 63.6 Å². The minimum Gasteiger partial charge on any atom is -0.359 e. The van der Waals surface area contributed by atoms with Crippen LogP contribution in [0.1, 0.15) is 34.4 Å². The third-order valence-electron chi connectivity index (χ3n) is 4.66. The lowest BCUT2D eigenvalue weighted by Gasteiger charge is -2.35. The molecule has 4 rings (SSSR count). The number of alkyl halides is 3. The van der Waals surface area contributed by atoms with Crippen LogP contribution in [-0.4, -0.2) is 20.8 Å². The van der Waals surface area contributed by atoms with E-state index in [0.29, 0.717) is 5.56 Å². The third kappa shape index (κ3) is 3.45. The van der Waals surface area contributed by atoms with Crippen LogP contribution in [0.2, 0.25) is 0 Å². The minimum absolute atomic E-state index is 0.0226. The number of nitriles is 1. The van der Waals surface area contributed by atoms with E-state index in [4.69, 9.17) is 10.7 Å². The van der Waals surface area contributed by atoms with Gasteiger partial charge in [0.15, 0.2) is 0 Å². The van der Waals surface area contributed by atoms with E-state index in [9.17, 15) is 13.2 Å². The maximum atomic E-state index is 13.0. The molecule has 0 amide bonds. The number of amidine groups is 1. The molecule has 0 aromatic carbocycles. The highest BCUT2D eigenvalue weighted by molar-refractivity contribution is 7.10. The zero-order valence-corrected chi connectivity index (χ0v) is 15.8. The molecule has 0 saturated heterocycles. The molecule has 1 aliphatic rings. The van der Waals surface area contributed by atoms with Crippen molar-refractivity contribution in [1.29, 1.82) is 10.7 Å². The molecule has 0 spiro atoms. The van der Waals surface area contributed by atoms with E-state index in [2.05, 4.69) is 20.3 Å². The topological polar surface area (TPSA) is 98.3 Å². The largest absolute Gasteiger partial charge is 0.451 e. The first-order valence-electron chi connectivity index (χ1n) is 8.44. The molecule has 4 heterocycles. The van der Waals surface area contributed by atoms with E-state index in [0.717, 1.165) is 22.2 Å². The lowest BCUT2D eigenvalue weighted by atomic mass is 9.87. The fraction of sp³-hybridized carbons (Fsp3) is 0.211. The molecule has 0 fully saturated rings. The van der Waals surface area contributed by atoms with E-state index in [1.54, 1.807) is 12.3 Å². The summed E-state index contributed by atoms with van der Waals surface area (Å²) in [6.45, 7) is 1.82. The molecule has 0 unspecified atom stereocenters. The Bertz CT molecular complexity index is 1160. The Kier molecular flexibility index (Phi) is 4.35. The third-order valence-corrected chi connectivity index (χ3v) is 5.85. The van der Waals surface area contributed by atoms with E-state index >= 15 is 0 Å². The number of fused-ring (bicyclic) bond motifs is 1. The lowest BCUT2D eigenvalue weighted by molar-refractivity contribution is -0.145. The number of pyridine rings is 1. The second kappa shape index (κ2) is 6.63. The van der Waals surface area contributed by atoms with Gasteiger partial charge in [-0.2, -0.15) is 18.4 Å². The fourth-order valence-corrected chi connectivity index (χ4v) is 4.24. The number of halogens is 3. The average Bonchev–Trinajstić information content (AvgIpc) is 3.18. The van der Waals surface area contributed by atoms with E-state index in [1.807, 2.05) is 24.4 Å². The Morgan fingerprint density at radius 3 is 2.76 bits per heavy atom. The number of aromatic nitrogens is 3. The molecule has 1 atom stereocenters.